The molecule has 63 heavy (non-hydrogen) atoms. The van der Waals surface area contributed by atoms with Gasteiger partial charge in [0.1, 0.15) is 0 Å². The summed E-state index contributed by atoms with van der Waals surface area (Å²) < 4.78 is 9.97. The second-order valence-corrected chi connectivity index (χ2v) is 21.8. The molecule has 0 atom stereocenters. The minimum atomic E-state index is -4.85. The number of anilines is 6. The SMILES string of the molecule is c1ccc(-c2nc(-c3ccccc3)nc(N3c4nc5ccccc5[n]4[Ge]4([n]5c(nc6ccccc65)N(c5ccccc5)c5nc6ccccc6[n]54)[n]4c3nc3ccccc34)n2)cc1. The van der Waals surface area contributed by atoms with E-state index in [1.807, 2.05) is 83.8 Å². The van der Waals surface area contributed by atoms with Crippen molar-refractivity contribution >= 4 is 93.7 Å². The summed E-state index contributed by atoms with van der Waals surface area (Å²) >= 11 is -4.85. The van der Waals surface area contributed by atoms with Crippen LogP contribution in [0.15, 0.2) is 188 Å². The Hall–Kier alpha value is -8.43. The average molecular weight is 874 g/mol. The molecule has 0 aliphatic carbocycles. The molecular weight excluding hydrogens is 843 g/mol. The van der Waals surface area contributed by atoms with E-state index in [4.69, 9.17) is 34.9 Å². The van der Waals surface area contributed by atoms with Crippen LogP contribution in [0.1, 0.15) is 0 Å². The van der Waals surface area contributed by atoms with E-state index in [1.165, 1.54) is 0 Å². The molecule has 0 fully saturated rings. The van der Waals surface area contributed by atoms with Gasteiger partial charge in [0, 0.05) is 0 Å². The molecule has 14 rings (SSSR count). The van der Waals surface area contributed by atoms with Crippen molar-refractivity contribution in [2.75, 3.05) is 9.80 Å². The van der Waals surface area contributed by atoms with Gasteiger partial charge in [0.05, 0.1) is 0 Å². The van der Waals surface area contributed by atoms with E-state index >= 15 is 0 Å². The second-order valence-electron chi connectivity index (χ2n) is 15.6. The van der Waals surface area contributed by atoms with Crippen LogP contribution in [0, 0.1) is 0 Å². The molecule has 0 N–H and O–H groups in total. The minimum absolute atomic E-state index is 0.390. The van der Waals surface area contributed by atoms with Gasteiger partial charge in [-0.3, -0.25) is 0 Å². The summed E-state index contributed by atoms with van der Waals surface area (Å²) in [6, 6.07) is 64.1. The van der Waals surface area contributed by atoms with Gasteiger partial charge in [-0.2, -0.15) is 0 Å². The molecule has 0 radical (unpaired) electrons. The fourth-order valence-electron chi connectivity index (χ4n) is 9.50. The first-order valence-electron chi connectivity index (χ1n) is 20.7. The van der Waals surface area contributed by atoms with Crippen LogP contribution in [0.4, 0.5) is 35.4 Å². The van der Waals surface area contributed by atoms with Gasteiger partial charge in [-0.15, -0.1) is 0 Å². The Labute approximate surface area is 361 Å². The van der Waals surface area contributed by atoms with E-state index in [0.717, 1.165) is 72.8 Å². The molecule has 5 aromatic heterocycles. The van der Waals surface area contributed by atoms with Gasteiger partial charge in [0.25, 0.3) is 0 Å². The summed E-state index contributed by atoms with van der Waals surface area (Å²) in [7, 11) is 0. The van der Waals surface area contributed by atoms with Crippen molar-refractivity contribution in [1.82, 2.24) is 49.0 Å². The molecule has 0 bridgehead atoms. The first-order valence-corrected chi connectivity index (χ1v) is 24.5. The summed E-state index contributed by atoms with van der Waals surface area (Å²) in [5, 5.41) is 0. The Bertz CT molecular complexity index is 3560. The van der Waals surface area contributed by atoms with Crippen molar-refractivity contribution < 1.29 is 0 Å². The molecule has 13 nitrogen and oxygen atoms in total. The Balaban J connectivity index is 1.20. The fraction of sp³-hybridized carbons (Fsp3) is 0. The van der Waals surface area contributed by atoms with Crippen molar-refractivity contribution in [3.63, 3.8) is 0 Å². The summed E-state index contributed by atoms with van der Waals surface area (Å²) in [6.45, 7) is 0. The molecule has 2 aliphatic rings. The number of hydrogen-bond donors (Lipinski definition) is 0. The summed E-state index contributed by atoms with van der Waals surface area (Å²) in [5.74, 6) is 4.23. The van der Waals surface area contributed by atoms with Crippen LogP contribution in [0.2, 0.25) is 0 Å². The van der Waals surface area contributed by atoms with Crippen molar-refractivity contribution in [3.05, 3.63) is 188 Å². The first kappa shape index (κ1) is 34.3. The molecule has 0 amide bonds. The first-order chi connectivity index (χ1) is 31.3. The van der Waals surface area contributed by atoms with Gasteiger partial charge in [0.15, 0.2) is 0 Å². The Kier molecular flexibility index (Phi) is 6.97. The summed E-state index contributed by atoms with van der Waals surface area (Å²) in [5.41, 5.74) is 9.90. The molecule has 7 aromatic carbocycles. The third-order valence-electron chi connectivity index (χ3n) is 12.1. The van der Waals surface area contributed by atoms with E-state index in [2.05, 4.69) is 128 Å². The van der Waals surface area contributed by atoms with Gasteiger partial charge >= 0.3 is 363 Å². The van der Waals surface area contributed by atoms with Crippen LogP contribution in [0.25, 0.3) is 66.9 Å². The van der Waals surface area contributed by atoms with Gasteiger partial charge in [-0.1, -0.05) is 0 Å². The van der Waals surface area contributed by atoms with E-state index in [-0.39, 0.29) is 0 Å². The Morgan fingerprint density at radius 3 is 0.984 bits per heavy atom. The number of benzene rings is 7. The number of rotatable bonds is 4. The van der Waals surface area contributed by atoms with E-state index in [9.17, 15) is 0 Å². The topological polar surface area (TPSA) is 116 Å². The van der Waals surface area contributed by atoms with Crippen LogP contribution < -0.4 is 9.80 Å². The normalized spacial score (nSPS) is 13.8. The van der Waals surface area contributed by atoms with Crippen molar-refractivity contribution in [2.45, 2.75) is 0 Å². The number of para-hydroxylation sites is 9. The molecule has 296 valence electrons. The van der Waals surface area contributed by atoms with E-state index < -0.39 is 14.2 Å². The molecule has 1 spiro atoms. The molecule has 14 heteroatoms. The van der Waals surface area contributed by atoms with Gasteiger partial charge < -0.3 is 0 Å². The van der Waals surface area contributed by atoms with Crippen LogP contribution in [0.5, 0.6) is 0 Å². The number of fused-ring (bicyclic) bond motifs is 16. The van der Waals surface area contributed by atoms with Crippen LogP contribution in [-0.4, -0.2) is 63.1 Å². The maximum absolute atomic E-state index is 5.59. The van der Waals surface area contributed by atoms with Crippen LogP contribution in [0.3, 0.4) is 0 Å². The van der Waals surface area contributed by atoms with Gasteiger partial charge in [0.2, 0.25) is 0 Å². The Morgan fingerprint density at radius 2 is 0.603 bits per heavy atom. The van der Waals surface area contributed by atoms with Crippen LogP contribution >= 0.6 is 0 Å². The Morgan fingerprint density at radius 1 is 0.286 bits per heavy atom. The van der Waals surface area contributed by atoms with Crippen LogP contribution in [-0.2, 0) is 0 Å². The molecule has 0 unspecified atom stereocenters. The number of nitrogens with zero attached hydrogens (tertiary/aromatic N) is 13. The quantitative estimate of drug-likeness (QED) is 0.159. The summed E-state index contributed by atoms with van der Waals surface area (Å²) in [6.07, 6.45) is 0. The standard InChI is InChI=1S/C49H31GeN13/c1-4-18-32(19-5-1)43-55-44(33-20-6-2-7-21-33)57-45(56-43)59-48-53-37-26-12-16-30-41(37)62(48)50(63-42-31-17-13-27-38(42)54-49(59)63)60-39-28-14-10-24-35(39)51-46(60)58(34-22-8-3-9-23-34)47-52-36-25-11-15-29-40(36)61(47)50/h1-31H. The number of hydrogen-bond acceptors (Lipinski definition) is 9. The maximum atomic E-state index is 5.59. The van der Waals surface area contributed by atoms with Crippen molar-refractivity contribution in [1.29, 1.82) is 0 Å². The fourth-order valence-corrected chi connectivity index (χ4v) is 19.8. The molecule has 0 saturated heterocycles. The van der Waals surface area contributed by atoms with E-state index in [0.29, 0.717) is 29.5 Å². The zero-order valence-electron chi connectivity index (χ0n) is 33.2. The molecule has 0 saturated carbocycles. The third kappa shape index (κ3) is 4.62. The molecule has 12 aromatic rings. The molecule has 2 aliphatic heterocycles. The predicted octanol–water partition coefficient (Wildman–Crippen LogP) is 10.1. The zero-order valence-corrected chi connectivity index (χ0v) is 35.3. The molecule has 7 heterocycles. The average Bonchev–Trinajstić information content (AvgIpc) is 4.13. The third-order valence-corrected chi connectivity index (χ3v) is 20.8. The second kappa shape index (κ2) is 12.8. The van der Waals surface area contributed by atoms with Gasteiger partial charge in [-0.25, -0.2) is 0 Å². The van der Waals surface area contributed by atoms with Crippen molar-refractivity contribution in [3.8, 4) is 22.8 Å². The van der Waals surface area contributed by atoms with Crippen molar-refractivity contribution in [2.24, 2.45) is 0 Å². The molecular formula is C49H31GeN13. The predicted molar refractivity (Wildman–Crippen MR) is 247 cm³/mol. The zero-order chi connectivity index (χ0) is 41.2. The number of aromatic nitrogens is 11. The number of imidazole rings is 4. The summed E-state index contributed by atoms with van der Waals surface area (Å²) in [4.78, 5) is 42.2. The van der Waals surface area contributed by atoms with Gasteiger partial charge in [-0.05, 0) is 0 Å². The van der Waals surface area contributed by atoms with E-state index in [1.54, 1.807) is 0 Å². The monoisotopic (exact) mass is 875 g/mol.